The van der Waals surface area contributed by atoms with Crippen molar-refractivity contribution in [2.75, 3.05) is 37.6 Å². The number of nitrogens with zero attached hydrogens (tertiary/aromatic N) is 3. The van der Waals surface area contributed by atoms with E-state index in [-0.39, 0.29) is 30.1 Å². The Morgan fingerprint density at radius 3 is 2.22 bits per heavy atom. The minimum absolute atomic E-state index is 0.00285. The van der Waals surface area contributed by atoms with Crippen LogP contribution in [0.15, 0.2) is 30.3 Å². The van der Waals surface area contributed by atoms with E-state index in [1.54, 1.807) is 21.6 Å². The molecule has 0 spiro atoms. The van der Waals surface area contributed by atoms with Crippen molar-refractivity contribution in [1.29, 1.82) is 0 Å². The molecule has 1 aromatic rings. The van der Waals surface area contributed by atoms with Crippen LogP contribution < -0.4 is 4.90 Å². The number of hydrogen-bond acceptors (Lipinski definition) is 3. The Bertz CT molecular complexity index is 609. The zero-order valence-corrected chi connectivity index (χ0v) is 13.3. The lowest BCUT2D eigenvalue weighted by Gasteiger charge is -2.35. The van der Waals surface area contributed by atoms with Crippen molar-refractivity contribution in [2.45, 2.75) is 13.3 Å². The van der Waals surface area contributed by atoms with Crippen LogP contribution in [0.3, 0.4) is 0 Å². The van der Waals surface area contributed by atoms with Gasteiger partial charge in [-0.1, -0.05) is 18.2 Å². The van der Waals surface area contributed by atoms with Gasteiger partial charge in [0.1, 0.15) is 0 Å². The van der Waals surface area contributed by atoms with Crippen LogP contribution in [0.25, 0.3) is 0 Å². The Morgan fingerprint density at radius 2 is 1.61 bits per heavy atom. The number of para-hydroxylation sites is 1. The van der Waals surface area contributed by atoms with E-state index >= 15 is 0 Å². The van der Waals surface area contributed by atoms with E-state index in [1.807, 2.05) is 30.3 Å². The number of anilines is 1. The third-order valence-electron chi connectivity index (χ3n) is 4.58. The van der Waals surface area contributed by atoms with Crippen LogP contribution in [-0.2, 0) is 14.4 Å². The fraction of sp³-hybridized carbons (Fsp3) is 0.471. The van der Waals surface area contributed by atoms with E-state index in [2.05, 4.69) is 0 Å². The molecule has 0 unspecified atom stereocenters. The van der Waals surface area contributed by atoms with E-state index < -0.39 is 0 Å². The third-order valence-corrected chi connectivity index (χ3v) is 4.58. The average molecular weight is 315 g/mol. The SMILES string of the molecule is CC(=O)N1CCN(C(=O)[C@@H]2CC(=O)N(c3ccccc3)C2)CC1. The first-order valence-corrected chi connectivity index (χ1v) is 7.96. The lowest BCUT2D eigenvalue weighted by Crippen LogP contribution is -2.51. The van der Waals surface area contributed by atoms with Crippen molar-refractivity contribution in [3.63, 3.8) is 0 Å². The van der Waals surface area contributed by atoms with Crippen LogP contribution in [0, 0.1) is 5.92 Å². The molecule has 122 valence electrons. The maximum atomic E-state index is 12.6. The van der Waals surface area contributed by atoms with Gasteiger partial charge in [0, 0.05) is 51.8 Å². The van der Waals surface area contributed by atoms with Crippen LogP contribution in [0.5, 0.6) is 0 Å². The summed E-state index contributed by atoms with van der Waals surface area (Å²) in [6, 6.07) is 9.45. The van der Waals surface area contributed by atoms with Gasteiger partial charge in [-0.3, -0.25) is 14.4 Å². The quantitative estimate of drug-likeness (QED) is 0.808. The van der Waals surface area contributed by atoms with Crippen LogP contribution >= 0.6 is 0 Å². The van der Waals surface area contributed by atoms with Crippen molar-refractivity contribution >= 4 is 23.4 Å². The van der Waals surface area contributed by atoms with Gasteiger partial charge >= 0.3 is 0 Å². The Kier molecular flexibility index (Phi) is 4.32. The summed E-state index contributed by atoms with van der Waals surface area (Å²) in [4.78, 5) is 41.4. The number of amides is 3. The second-order valence-electron chi connectivity index (χ2n) is 6.07. The first kappa shape index (κ1) is 15.5. The van der Waals surface area contributed by atoms with E-state index in [0.717, 1.165) is 5.69 Å². The number of carbonyl (C=O) groups excluding carboxylic acids is 3. The second-order valence-corrected chi connectivity index (χ2v) is 6.07. The highest BCUT2D eigenvalue weighted by molar-refractivity contribution is 6.00. The van der Waals surface area contributed by atoms with Crippen LogP contribution in [0.1, 0.15) is 13.3 Å². The first-order valence-electron chi connectivity index (χ1n) is 7.96. The van der Waals surface area contributed by atoms with Gasteiger partial charge in [0.05, 0.1) is 5.92 Å². The Balaban J connectivity index is 1.61. The molecule has 0 bridgehead atoms. The molecular weight excluding hydrogens is 294 g/mol. The lowest BCUT2D eigenvalue weighted by atomic mass is 10.1. The zero-order valence-electron chi connectivity index (χ0n) is 13.3. The molecule has 3 amide bonds. The van der Waals surface area contributed by atoms with Gasteiger partial charge in [-0.05, 0) is 12.1 Å². The summed E-state index contributed by atoms with van der Waals surface area (Å²) < 4.78 is 0. The van der Waals surface area contributed by atoms with E-state index in [9.17, 15) is 14.4 Å². The molecule has 0 aliphatic carbocycles. The monoisotopic (exact) mass is 315 g/mol. The van der Waals surface area contributed by atoms with Gasteiger partial charge in [-0.15, -0.1) is 0 Å². The molecule has 2 aliphatic rings. The van der Waals surface area contributed by atoms with Gasteiger partial charge in [-0.2, -0.15) is 0 Å². The van der Waals surface area contributed by atoms with E-state index in [0.29, 0.717) is 32.7 Å². The average Bonchev–Trinajstić information content (AvgIpc) is 2.97. The molecule has 23 heavy (non-hydrogen) atoms. The zero-order chi connectivity index (χ0) is 16.4. The molecule has 6 heteroatoms. The summed E-state index contributed by atoms with van der Waals surface area (Å²) >= 11 is 0. The molecule has 2 aliphatic heterocycles. The molecule has 3 rings (SSSR count). The summed E-state index contributed by atoms with van der Waals surface area (Å²) in [5, 5.41) is 0. The number of benzene rings is 1. The molecule has 1 aromatic carbocycles. The van der Waals surface area contributed by atoms with Crippen molar-refractivity contribution in [3.8, 4) is 0 Å². The van der Waals surface area contributed by atoms with Gasteiger partial charge in [0.2, 0.25) is 17.7 Å². The predicted molar refractivity (Wildman–Crippen MR) is 85.7 cm³/mol. The maximum Gasteiger partial charge on any atom is 0.228 e. The number of rotatable bonds is 2. The van der Waals surface area contributed by atoms with Crippen molar-refractivity contribution < 1.29 is 14.4 Å². The Morgan fingerprint density at radius 1 is 1.00 bits per heavy atom. The first-order chi connectivity index (χ1) is 11.1. The van der Waals surface area contributed by atoms with Crippen LogP contribution in [-0.4, -0.2) is 60.2 Å². The highest BCUT2D eigenvalue weighted by Crippen LogP contribution is 2.26. The second kappa shape index (κ2) is 6.40. The number of carbonyl (C=O) groups is 3. The van der Waals surface area contributed by atoms with Crippen molar-refractivity contribution in [3.05, 3.63) is 30.3 Å². The molecule has 6 nitrogen and oxygen atoms in total. The molecule has 0 aromatic heterocycles. The molecule has 0 radical (unpaired) electrons. The molecule has 0 N–H and O–H groups in total. The summed E-state index contributed by atoms with van der Waals surface area (Å²) in [5.41, 5.74) is 0.842. The minimum Gasteiger partial charge on any atom is -0.339 e. The lowest BCUT2D eigenvalue weighted by molar-refractivity contribution is -0.141. The van der Waals surface area contributed by atoms with E-state index in [4.69, 9.17) is 0 Å². The van der Waals surface area contributed by atoms with Gasteiger partial charge in [0.15, 0.2) is 0 Å². The molecule has 0 saturated carbocycles. The van der Waals surface area contributed by atoms with E-state index in [1.165, 1.54) is 0 Å². The van der Waals surface area contributed by atoms with Crippen molar-refractivity contribution in [1.82, 2.24) is 9.80 Å². The topological polar surface area (TPSA) is 60.9 Å². The largest absolute Gasteiger partial charge is 0.339 e. The van der Waals surface area contributed by atoms with Crippen molar-refractivity contribution in [2.24, 2.45) is 5.92 Å². The maximum absolute atomic E-state index is 12.6. The minimum atomic E-state index is -0.286. The molecule has 1 atom stereocenters. The third kappa shape index (κ3) is 3.21. The van der Waals surface area contributed by atoms with Gasteiger partial charge in [-0.25, -0.2) is 0 Å². The number of piperazine rings is 1. The predicted octanol–water partition coefficient (Wildman–Crippen LogP) is 0.730. The standard InChI is InChI=1S/C17H21N3O3/c1-13(21)18-7-9-19(10-8-18)17(23)14-11-16(22)20(12-14)15-5-3-2-4-6-15/h2-6,14H,7-12H2,1H3/t14-/m1/s1. The smallest absolute Gasteiger partial charge is 0.228 e. The normalized spacial score (nSPS) is 21.7. The summed E-state index contributed by atoms with van der Waals surface area (Å²) in [6.45, 7) is 4.23. The number of hydrogen-bond donors (Lipinski definition) is 0. The van der Waals surface area contributed by atoms with Gasteiger partial charge in [0.25, 0.3) is 0 Å². The molecular formula is C17H21N3O3. The Labute approximate surface area is 135 Å². The Hall–Kier alpha value is -2.37. The van der Waals surface area contributed by atoms with Gasteiger partial charge < -0.3 is 14.7 Å². The summed E-state index contributed by atoms with van der Waals surface area (Å²) in [7, 11) is 0. The fourth-order valence-corrected chi connectivity index (χ4v) is 3.23. The molecule has 2 saturated heterocycles. The molecule has 2 heterocycles. The van der Waals surface area contributed by atoms with Crippen LogP contribution in [0.4, 0.5) is 5.69 Å². The highest BCUT2D eigenvalue weighted by atomic mass is 16.2. The van der Waals surface area contributed by atoms with Crippen LogP contribution in [0.2, 0.25) is 0 Å². The summed E-state index contributed by atoms with van der Waals surface area (Å²) in [6.07, 6.45) is 0.265. The summed E-state index contributed by atoms with van der Waals surface area (Å²) in [5.74, 6) is -0.216. The molecule has 2 fully saturated rings. The highest BCUT2D eigenvalue weighted by Gasteiger charge is 2.37. The fourth-order valence-electron chi connectivity index (χ4n) is 3.23.